The molecule has 5 heteroatoms. The lowest BCUT2D eigenvalue weighted by Crippen LogP contribution is -2.49. The quantitative estimate of drug-likeness (QED) is 0.777. The Morgan fingerprint density at radius 3 is 2.84 bits per heavy atom. The molecule has 0 atom stereocenters. The molecule has 3 rings (SSSR count). The summed E-state index contributed by atoms with van der Waals surface area (Å²) in [6, 6.07) is 6.65. The summed E-state index contributed by atoms with van der Waals surface area (Å²) in [5.74, 6) is -1.05. The summed E-state index contributed by atoms with van der Waals surface area (Å²) in [6.07, 6.45) is 1.75. The number of nitriles is 1. The van der Waals surface area contributed by atoms with Gasteiger partial charge in [-0.2, -0.15) is 5.26 Å². The van der Waals surface area contributed by atoms with Gasteiger partial charge in [0.15, 0.2) is 5.79 Å². The van der Waals surface area contributed by atoms with E-state index in [2.05, 4.69) is 0 Å². The molecular weight excluding hydrogens is 247 g/mol. The third-order valence-corrected chi connectivity index (χ3v) is 3.68. The van der Waals surface area contributed by atoms with Crippen molar-refractivity contribution in [3.05, 3.63) is 29.6 Å². The van der Waals surface area contributed by atoms with Crippen LogP contribution in [0.1, 0.15) is 18.4 Å². The summed E-state index contributed by atoms with van der Waals surface area (Å²) >= 11 is 0. The maximum Gasteiger partial charge on any atom is 0.186 e. The van der Waals surface area contributed by atoms with Gasteiger partial charge in [0.2, 0.25) is 0 Å². The molecule has 0 saturated carbocycles. The van der Waals surface area contributed by atoms with Crippen molar-refractivity contribution in [1.82, 2.24) is 0 Å². The maximum atomic E-state index is 13.7. The minimum atomic E-state index is -0.572. The average Bonchev–Trinajstić information content (AvgIpc) is 2.86. The van der Waals surface area contributed by atoms with Crippen LogP contribution in [0.3, 0.4) is 0 Å². The summed E-state index contributed by atoms with van der Waals surface area (Å²) < 4.78 is 25.1. The Morgan fingerprint density at radius 1 is 1.32 bits per heavy atom. The molecule has 0 radical (unpaired) electrons. The van der Waals surface area contributed by atoms with Crippen LogP contribution >= 0.6 is 0 Å². The lowest BCUT2D eigenvalue weighted by molar-refractivity contribution is -0.161. The van der Waals surface area contributed by atoms with Crippen LogP contribution in [-0.4, -0.2) is 32.1 Å². The minimum absolute atomic E-state index is 0.0950. The maximum absolute atomic E-state index is 13.7. The predicted molar refractivity (Wildman–Crippen MR) is 67.2 cm³/mol. The number of hydrogen-bond donors (Lipinski definition) is 0. The van der Waals surface area contributed by atoms with Crippen molar-refractivity contribution in [1.29, 1.82) is 5.26 Å². The number of piperidine rings is 1. The Kier molecular flexibility index (Phi) is 3.13. The van der Waals surface area contributed by atoms with E-state index in [-0.39, 0.29) is 5.56 Å². The molecule has 0 aromatic heterocycles. The summed E-state index contributed by atoms with van der Waals surface area (Å²) in [6.45, 7) is 2.53. The van der Waals surface area contributed by atoms with Crippen molar-refractivity contribution >= 4 is 5.69 Å². The van der Waals surface area contributed by atoms with E-state index in [1.54, 1.807) is 12.1 Å². The minimum Gasteiger partial charge on any atom is -0.365 e. The average molecular weight is 262 g/mol. The summed E-state index contributed by atoms with van der Waals surface area (Å²) in [4.78, 5) is 1.98. The topological polar surface area (TPSA) is 45.5 Å². The normalized spacial score (nSPS) is 21.6. The van der Waals surface area contributed by atoms with Crippen LogP contribution in [0.2, 0.25) is 0 Å². The first kappa shape index (κ1) is 12.4. The molecule has 4 nitrogen and oxygen atoms in total. The van der Waals surface area contributed by atoms with Crippen molar-refractivity contribution < 1.29 is 13.9 Å². The molecule has 2 saturated heterocycles. The predicted octanol–water partition coefficient (Wildman–Crippen LogP) is 2.04. The van der Waals surface area contributed by atoms with E-state index in [4.69, 9.17) is 14.7 Å². The monoisotopic (exact) mass is 262 g/mol. The second-order valence-electron chi connectivity index (χ2n) is 4.88. The Morgan fingerprint density at radius 2 is 2.11 bits per heavy atom. The van der Waals surface area contributed by atoms with Gasteiger partial charge in [-0.15, -0.1) is 0 Å². The zero-order valence-electron chi connectivity index (χ0n) is 10.6. The smallest absolute Gasteiger partial charge is 0.186 e. The van der Waals surface area contributed by atoms with E-state index in [0.29, 0.717) is 25.4 Å². The van der Waals surface area contributed by atoms with Crippen molar-refractivity contribution in [3.63, 3.8) is 0 Å². The SMILES string of the molecule is N#Cc1c(F)cccc1N1CCCC2(C1)OCCO2. The van der Waals surface area contributed by atoms with E-state index in [9.17, 15) is 4.39 Å². The number of rotatable bonds is 1. The van der Waals surface area contributed by atoms with Gasteiger partial charge in [-0.1, -0.05) is 6.07 Å². The van der Waals surface area contributed by atoms with E-state index in [1.807, 2.05) is 11.0 Å². The number of anilines is 1. The highest BCUT2D eigenvalue weighted by atomic mass is 19.1. The van der Waals surface area contributed by atoms with Crippen molar-refractivity contribution in [2.24, 2.45) is 0 Å². The van der Waals surface area contributed by atoms with Gasteiger partial charge in [-0.3, -0.25) is 0 Å². The van der Waals surface area contributed by atoms with Crippen molar-refractivity contribution in [2.75, 3.05) is 31.2 Å². The molecule has 1 aromatic rings. The molecule has 2 fully saturated rings. The molecule has 1 spiro atoms. The molecular formula is C14H15FN2O2. The Bertz CT molecular complexity index is 521. The first-order valence-electron chi connectivity index (χ1n) is 6.46. The highest BCUT2D eigenvalue weighted by Gasteiger charge is 2.41. The first-order chi connectivity index (χ1) is 9.24. The number of benzene rings is 1. The third-order valence-electron chi connectivity index (χ3n) is 3.68. The molecule has 2 aliphatic heterocycles. The van der Waals surface area contributed by atoms with Gasteiger partial charge in [-0.05, 0) is 18.6 Å². The highest BCUT2D eigenvalue weighted by molar-refractivity contribution is 5.60. The van der Waals surface area contributed by atoms with Crippen LogP contribution in [0.4, 0.5) is 10.1 Å². The molecule has 0 aliphatic carbocycles. The largest absolute Gasteiger partial charge is 0.365 e. The fourth-order valence-electron chi connectivity index (χ4n) is 2.81. The molecule has 19 heavy (non-hydrogen) atoms. The van der Waals surface area contributed by atoms with Crippen LogP contribution in [0.25, 0.3) is 0 Å². The summed E-state index contributed by atoms with van der Waals surface area (Å²) in [5.41, 5.74) is 0.721. The number of nitrogens with zero attached hydrogens (tertiary/aromatic N) is 2. The summed E-state index contributed by atoms with van der Waals surface area (Å²) in [7, 11) is 0. The Hall–Kier alpha value is -1.64. The van der Waals surface area contributed by atoms with Gasteiger partial charge in [0, 0.05) is 13.0 Å². The van der Waals surface area contributed by atoms with E-state index >= 15 is 0 Å². The molecule has 1 aromatic carbocycles. The van der Waals surface area contributed by atoms with Gasteiger partial charge in [-0.25, -0.2) is 4.39 Å². The zero-order chi connectivity index (χ0) is 13.3. The Balaban J connectivity index is 1.90. The lowest BCUT2D eigenvalue weighted by atomic mass is 10.0. The van der Waals surface area contributed by atoms with Gasteiger partial charge in [0.05, 0.1) is 25.4 Å². The molecule has 100 valence electrons. The number of hydrogen-bond acceptors (Lipinski definition) is 4. The molecule has 0 amide bonds. The number of ether oxygens (including phenoxy) is 2. The third kappa shape index (κ3) is 2.18. The molecule has 0 N–H and O–H groups in total. The van der Waals surface area contributed by atoms with Gasteiger partial charge in [0.1, 0.15) is 17.4 Å². The second-order valence-corrected chi connectivity index (χ2v) is 4.88. The van der Waals surface area contributed by atoms with E-state index in [1.165, 1.54) is 6.07 Å². The second kappa shape index (κ2) is 4.80. The molecule has 0 unspecified atom stereocenters. The van der Waals surface area contributed by atoms with Crippen LogP contribution in [0.15, 0.2) is 18.2 Å². The highest BCUT2D eigenvalue weighted by Crippen LogP contribution is 2.34. The van der Waals surface area contributed by atoms with Crippen LogP contribution in [-0.2, 0) is 9.47 Å². The zero-order valence-corrected chi connectivity index (χ0v) is 10.6. The van der Waals surface area contributed by atoms with Crippen LogP contribution < -0.4 is 4.90 Å². The van der Waals surface area contributed by atoms with Crippen molar-refractivity contribution in [3.8, 4) is 6.07 Å². The molecule has 2 heterocycles. The summed E-state index contributed by atoms with van der Waals surface area (Å²) in [5, 5.41) is 9.11. The fraction of sp³-hybridized carbons (Fsp3) is 0.500. The van der Waals surface area contributed by atoms with E-state index in [0.717, 1.165) is 19.4 Å². The van der Waals surface area contributed by atoms with Crippen LogP contribution in [0.5, 0.6) is 0 Å². The standard InChI is InChI=1S/C14H15FN2O2/c15-12-3-1-4-13(11(12)9-16)17-6-2-5-14(10-17)18-7-8-19-14/h1,3-4H,2,5-8,10H2. The van der Waals surface area contributed by atoms with Gasteiger partial charge in [0.25, 0.3) is 0 Å². The first-order valence-corrected chi connectivity index (χ1v) is 6.46. The number of halogens is 1. The van der Waals surface area contributed by atoms with Crippen LogP contribution in [0, 0.1) is 17.1 Å². The molecule has 0 bridgehead atoms. The Labute approximate surface area is 111 Å². The van der Waals surface area contributed by atoms with Gasteiger partial charge >= 0.3 is 0 Å². The van der Waals surface area contributed by atoms with Crippen molar-refractivity contribution in [2.45, 2.75) is 18.6 Å². The van der Waals surface area contributed by atoms with E-state index < -0.39 is 11.6 Å². The van der Waals surface area contributed by atoms with Gasteiger partial charge < -0.3 is 14.4 Å². The molecule has 2 aliphatic rings. The fourth-order valence-corrected chi connectivity index (χ4v) is 2.81. The lowest BCUT2D eigenvalue weighted by Gasteiger charge is -2.40.